The monoisotopic (exact) mass is 165 g/mol. The second-order valence-corrected chi connectivity index (χ2v) is 2.85. The normalized spacial score (nSPS) is 14.2. The summed E-state index contributed by atoms with van der Waals surface area (Å²) >= 11 is 0. The molecule has 1 aromatic carbocycles. The van der Waals surface area contributed by atoms with Gasteiger partial charge in [0, 0.05) is 5.69 Å². The van der Waals surface area contributed by atoms with Gasteiger partial charge in [0.05, 0.1) is 6.42 Å². The Hall–Kier alpha value is -1.38. The van der Waals surface area contributed by atoms with Gasteiger partial charge in [-0.2, -0.15) is 0 Å². The summed E-state index contributed by atoms with van der Waals surface area (Å²) in [4.78, 5) is 10.9. The van der Waals surface area contributed by atoms with E-state index in [1.807, 2.05) is 0 Å². The zero-order valence-corrected chi connectivity index (χ0v) is 6.43. The van der Waals surface area contributed by atoms with Crippen molar-refractivity contribution in [1.29, 1.82) is 0 Å². The molecule has 0 saturated heterocycles. The first-order valence-electron chi connectivity index (χ1n) is 3.77. The maximum absolute atomic E-state index is 12.2. The van der Waals surface area contributed by atoms with Crippen LogP contribution in [0, 0.1) is 0 Å². The van der Waals surface area contributed by atoms with E-state index in [1.165, 1.54) is 0 Å². The molecule has 0 aromatic heterocycles. The molecule has 1 N–H and O–H groups in total. The standard InChI is InChI=1S/C9H8FNO/c10-5-6-1-2-8-7(3-6)4-9(12)11-8/h1-3H,4-5H2,(H,11,12). The van der Waals surface area contributed by atoms with E-state index in [2.05, 4.69) is 5.32 Å². The molecule has 0 saturated carbocycles. The van der Waals surface area contributed by atoms with Gasteiger partial charge in [-0.25, -0.2) is 4.39 Å². The van der Waals surface area contributed by atoms with Gasteiger partial charge < -0.3 is 5.32 Å². The number of nitrogens with one attached hydrogen (secondary N) is 1. The summed E-state index contributed by atoms with van der Waals surface area (Å²) in [7, 11) is 0. The van der Waals surface area contributed by atoms with Gasteiger partial charge in [0.2, 0.25) is 5.91 Å². The van der Waals surface area contributed by atoms with Gasteiger partial charge in [0.25, 0.3) is 0 Å². The Labute approximate surface area is 69.4 Å². The molecule has 0 atom stereocenters. The van der Waals surface area contributed by atoms with E-state index in [9.17, 15) is 9.18 Å². The Morgan fingerprint density at radius 3 is 3.08 bits per heavy atom. The zero-order chi connectivity index (χ0) is 8.55. The molecule has 1 aliphatic rings. The van der Waals surface area contributed by atoms with E-state index in [-0.39, 0.29) is 5.91 Å². The maximum Gasteiger partial charge on any atom is 0.228 e. The lowest BCUT2D eigenvalue weighted by Crippen LogP contribution is -2.03. The van der Waals surface area contributed by atoms with Crippen molar-refractivity contribution in [2.75, 3.05) is 5.32 Å². The summed E-state index contributed by atoms with van der Waals surface area (Å²) < 4.78 is 12.2. The second kappa shape index (κ2) is 2.59. The summed E-state index contributed by atoms with van der Waals surface area (Å²) in [5.74, 6) is -0.0130. The summed E-state index contributed by atoms with van der Waals surface area (Å²) in [5, 5.41) is 2.69. The highest BCUT2D eigenvalue weighted by Gasteiger charge is 2.16. The van der Waals surface area contributed by atoms with Crippen LogP contribution in [-0.2, 0) is 17.9 Å². The lowest BCUT2D eigenvalue weighted by Gasteiger charge is -1.98. The topological polar surface area (TPSA) is 29.1 Å². The van der Waals surface area contributed by atoms with Crippen LogP contribution < -0.4 is 5.32 Å². The largest absolute Gasteiger partial charge is 0.326 e. The number of carbonyl (C=O) groups is 1. The predicted octanol–water partition coefficient (Wildman–Crippen LogP) is 1.65. The van der Waals surface area contributed by atoms with Gasteiger partial charge in [-0.3, -0.25) is 4.79 Å². The molecular weight excluding hydrogens is 157 g/mol. The van der Waals surface area contributed by atoms with Crippen molar-refractivity contribution in [3.63, 3.8) is 0 Å². The molecule has 0 unspecified atom stereocenters. The van der Waals surface area contributed by atoms with Gasteiger partial charge in [0.1, 0.15) is 6.67 Å². The molecule has 2 nitrogen and oxygen atoms in total. The summed E-state index contributed by atoms with van der Waals surface area (Å²) in [5.41, 5.74) is 2.35. The number of halogens is 1. The third-order valence-corrected chi connectivity index (χ3v) is 1.95. The zero-order valence-electron chi connectivity index (χ0n) is 6.43. The van der Waals surface area contributed by atoms with E-state index < -0.39 is 6.67 Å². The summed E-state index contributed by atoms with van der Waals surface area (Å²) in [6.45, 7) is -0.471. The van der Waals surface area contributed by atoms with Crippen LogP contribution in [-0.4, -0.2) is 5.91 Å². The van der Waals surface area contributed by atoms with Crippen LogP contribution in [0.5, 0.6) is 0 Å². The number of anilines is 1. The molecular formula is C9H8FNO. The highest BCUT2D eigenvalue weighted by molar-refractivity contribution is 5.99. The van der Waals surface area contributed by atoms with Crippen molar-refractivity contribution in [2.24, 2.45) is 0 Å². The van der Waals surface area contributed by atoms with E-state index in [0.717, 1.165) is 11.3 Å². The van der Waals surface area contributed by atoms with E-state index in [0.29, 0.717) is 12.0 Å². The number of amides is 1. The molecule has 0 bridgehead atoms. The molecule has 0 fully saturated rings. The van der Waals surface area contributed by atoms with E-state index >= 15 is 0 Å². The first-order chi connectivity index (χ1) is 5.79. The van der Waals surface area contributed by atoms with Crippen molar-refractivity contribution in [1.82, 2.24) is 0 Å². The molecule has 1 aliphatic heterocycles. The van der Waals surface area contributed by atoms with Crippen molar-refractivity contribution >= 4 is 11.6 Å². The maximum atomic E-state index is 12.2. The van der Waals surface area contributed by atoms with Gasteiger partial charge in [0.15, 0.2) is 0 Å². The van der Waals surface area contributed by atoms with Crippen molar-refractivity contribution in [2.45, 2.75) is 13.1 Å². The predicted molar refractivity (Wildman–Crippen MR) is 43.6 cm³/mol. The van der Waals surface area contributed by atoms with E-state index in [4.69, 9.17) is 0 Å². The molecule has 2 rings (SSSR count). The van der Waals surface area contributed by atoms with Gasteiger partial charge in [-0.1, -0.05) is 12.1 Å². The average molecular weight is 165 g/mol. The fourth-order valence-corrected chi connectivity index (χ4v) is 1.37. The highest BCUT2D eigenvalue weighted by Crippen LogP contribution is 2.23. The number of rotatable bonds is 1. The van der Waals surface area contributed by atoms with Crippen molar-refractivity contribution in [3.05, 3.63) is 29.3 Å². The summed E-state index contributed by atoms with van der Waals surface area (Å²) in [6, 6.07) is 5.16. The van der Waals surface area contributed by atoms with Crippen LogP contribution in [0.15, 0.2) is 18.2 Å². The smallest absolute Gasteiger partial charge is 0.228 e. The minimum Gasteiger partial charge on any atom is -0.326 e. The van der Waals surface area contributed by atoms with Gasteiger partial charge >= 0.3 is 0 Å². The van der Waals surface area contributed by atoms with Crippen LogP contribution in [0.25, 0.3) is 0 Å². The minimum atomic E-state index is -0.471. The number of hydrogen-bond donors (Lipinski definition) is 1. The highest BCUT2D eigenvalue weighted by atomic mass is 19.1. The quantitative estimate of drug-likeness (QED) is 0.673. The van der Waals surface area contributed by atoms with Gasteiger partial charge in [-0.05, 0) is 17.2 Å². The third-order valence-electron chi connectivity index (χ3n) is 1.95. The number of carbonyl (C=O) groups excluding carboxylic acids is 1. The fraction of sp³-hybridized carbons (Fsp3) is 0.222. The fourth-order valence-electron chi connectivity index (χ4n) is 1.37. The lowest BCUT2D eigenvalue weighted by atomic mass is 10.1. The van der Waals surface area contributed by atoms with Crippen LogP contribution in [0.4, 0.5) is 10.1 Å². The van der Waals surface area contributed by atoms with Crippen LogP contribution in [0.1, 0.15) is 11.1 Å². The van der Waals surface area contributed by atoms with Crippen molar-refractivity contribution in [3.8, 4) is 0 Å². The number of hydrogen-bond acceptors (Lipinski definition) is 1. The molecule has 1 heterocycles. The molecule has 12 heavy (non-hydrogen) atoms. The Morgan fingerprint density at radius 1 is 1.50 bits per heavy atom. The minimum absolute atomic E-state index is 0.0130. The van der Waals surface area contributed by atoms with Crippen LogP contribution in [0.3, 0.4) is 0 Å². The molecule has 62 valence electrons. The molecule has 1 amide bonds. The molecule has 0 radical (unpaired) electrons. The number of alkyl halides is 1. The second-order valence-electron chi connectivity index (χ2n) is 2.85. The third kappa shape index (κ3) is 1.07. The van der Waals surface area contributed by atoms with E-state index in [1.54, 1.807) is 18.2 Å². The Morgan fingerprint density at radius 2 is 2.33 bits per heavy atom. The number of benzene rings is 1. The lowest BCUT2D eigenvalue weighted by molar-refractivity contribution is -0.115. The Bertz CT molecular complexity index is 335. The van der Waals surface area contributed by atoms with Crippen LogP contribution >= 0.6 is 0 Å². The van der Waals surface area contributed by atoms with Crippen molar-refractivity contribution < 1.29 is 9.18 Å². The molecule has 1 aromatic rings. The first-order valence-corrected chi connectivity index (χ1v) is 3.77. The summed E-state index contributed by atoms with van der Waals surface area (Å²) in [6.07, 6.45) is 0.378. The van der Waals surface area contributed by atoms with Crippen LogP contribution in [0.2, 0.25) is 0 Å². The Balaban J connectivity index is 2.41. The number of fused-ring (bicyclic) bond motifs is 1. The molecule has 0 spiro atoms. The Kier molecular flexibility index (Phi) is 1.57. The molecule has 0 aliphatic carbocycles. The molecule has 3 heteroatoms. The van der Waals surface area contributed by atoms with Gasteiger partial charge in [-0.15, -0.1) is 0 Å². The first kappa shape index (κ1) is 7.28. The average Bonchev–Trinajstić information content (AvgIpc) is 2.43. The SMILES string of the molecule is O=C1Cc2cc(CF)ccc2N1.